The molecule has 0 aliphatic rings. The Morgan fingerprint density at radius 3 is 2.20 bits per heavy atom. The Morgan fingerprint density at radius 1 is 0.933 bits per heavy atom. The van der Waals surface area contributed by atoms with Crippen LogP contribution in [0, 0.1) is 0 Å². The van der Waals surface area contributed by atoms with Crippen LogP contribution < -0.4 is 4.74 Å². The van der Waals surface area contributed by atoms with Crippen molar-refractivity contribution in [1.82, 2.24) is 0 Å². The lowest BCUT2D eigenvalue weighted by molar-refractivity contribution is 0.305. The molecule has 0 N–H and O–H groups in total. The van der Waals surface area contributed by atoms with Gasteiger partial charge in [0.05, 0.1) is 6.61 Å². The van der Waals surface area contributed by atoms with Gasteiger partial charge in [-0.1, -0.05) is 58.2 Å². The third-order valence-corrected chi connectivity index (χ3v) is 2.01. The minimum Gasteiger partial charge on any atom is -0.494 e. The maximum absolute atomic E-state index is 5.55. The van der Waals surface area contributed by atoms with Gasteiger partial charge in [-0.15, -0.1) is 0 Å². The SMILES string of the molecule is CC.CCCCCCOc1ccccc1. The Hall–Kier alpha value is -0.980. The largest absolute Gasteiger partial charge is 0.494 e. The smallest absolute Gasteiger partial charge is 0.119 e. The second kappa shape index (κ2) is 11.1. The number of rotatable bonds is 6. The average Bonchev–Trinajstić information content (AvgIpc) is 2.33. The van der Waals surface area contributed by atoms with Crippen LogP contribution in [0.25, 0.3) is 0 Å². The van der Waals surface area contributed by atoms with E-state index in [-0.39, 0.29) is 0 Å². The van der Waals surface area contributed by atoms with Gasteiger partial charge in [-0.05, 0) is 18.6 Å². The van der Waals surface area contributed by atoms with Gasteiger partial charge in [-0.25, -0.2) is 0 Å². The molecule has 0 radical (unpaired) electrons. The van der Waals surface area contributed by atoms with Crippen molar-refractivity contribution in [3.05, 3.63) is 30.3 Å². The molecule has 0 atom stereocenters. The van der Waals surface area contributed by atoms with Crippen LogP contribution in [0.4, 0.5) is 0 Å². The van der Waals surface area contributed by atoms with E-state index in [0.29, 0.717) is 0 Å². The van der Waals surface area contributed by atoms with Gasteiger partial charge in [0.15, 0.2) is 0 Å². The predicted molar refractivity (Wildman–Crippen MR) is 67.4 cm³/mol. The Balaban J connectivity index is 0.000000921. The number of hydrogen-bond donors (Lipinski definition) is 0. The zero-order valence-electron chi connectivity index (χ0n) is 10.3. The van der Waals surface area contributed by atoms with Gasteiger partial charge >= 0.3 is 0 Å². The van der Waals surface area contributed by atoms with E-state index in [4.69, 9.17) is 4.74 Å². The molecule has 1 aromatic carbocycles. The minimum absolute atomic E-state index is 0.851. The molecule has 0 aliphatic heterocycles. The van der Waals surface area contributed by atoms with Gasteiger partial charge in [0, 0.05) is 0 Å². The highest BCUT2D eigenvalue weighted by molar-refractivity contribution is 5.20. The molecule has 0 saturated carbocycles. The Morgan fingerprint density at radius 2 is 1.60 bits per heavy atom. The molecule has 1 aromatic rings. The molecule has 1 heteroatoms. The van der Waals surface area contributed by atoms with E-state index in [1.807, 2.05) is 44.2 Å². The lowest BCUT2D eigenvalue weighted by Crippen LogP contribution is -1.96. The number of unbranched alkanes of at least 4 members (excludes halogenated alkanes) is 3. The Labute approximate surface area is 94.5 Å². The summed E-state index contributed by atoms with van der Waals surface area (Å²) in [5.74, 6) is 0.985. The monoisotopic (exact) mass is 208 g/mol. The van der Waals surface area contributed by atoms with Crippen LogP contribution in [0.15, 0.2) is 30.3 Å². The summed E-state index contributed by atoms with van der Waals surface area (Å²) in [5.41, 5.74) is 0. The van der Waals surface area contributed by atoms with E-state index in [2.05, 4.69) is 6.92 Å². The summed E-state index contributed by atoms with van der Waals surface area (Å²) in [7, 11) is 0. The molecule has 15 heavy (non-hydrogen) atoms. The lowest BCUT2D eigenvalue weighted by Gasteiger charge is -2.04. The highest BCUT2D eigenvalue weighted by Crippen LogP contribution is 2.09. The summed E-state index contributed by atoms with van der Waals surface area (Å²) in [6.07, 6.45) is 5.05. The molecule has 0 aliphatic carbocycles. The fourth-order valence-electron chi connectivity index (χ4n) is 1.24. The van der Waals surface area contributed by atoms with Crippen LogP contribution in [0.3, 0.4) is 0 Å². The van der Waals surface area contributed by atoms with Gasteiger partial charge in [0.1, 0.15) is 5.75 Å². The highest BCUT2D eigenvalue weighted by atomic mass is 16.5. The zero-order valence-corrected chi connectivity index (χ0v) is 10.3. The number of para-hydroxylation sites is 1. The molecule has 0 unspecified atom stereocenters. The van der Waals surface area contributed by atoms with Crippen LogP contribution in [0.5, 0.6) is 5.75 Å². The molecule has 86 valence electrons. The van der Waals surface area contributed by atoms with Crippen molar-refractivity contribution in [1.29, 1.82) is 0 Å². The quantitative estimate of drug-likeness (QED) is 0.617. The molecular formula is C14H24O. The molecule has 0 fully saturated rings. The molecule has 1 nitrogen and oxygen atoms in total. The summed E-state index contributed by atoms with van der Waals surface area (Å²) in [5, 5.41) is 0. The molecule has 0 heterocycles. The van der Waals surface area contributed by atoms with Gasteiger partial charge in [0.25, 0.3) is 0 Å². The molecule has 0 aromatic heterocycles. The van der Waals surface area contributed by atoms with Crippen molar-refractivity contribution in [3.63, 3.8) is 0 Å². The van der Waals surface area contributed by atoms with E-state index in [1.165, 1.54) is 25.7 Å². The van der Waals surface area contributed by atoms with Crippen molar-refractivity contribution < 1.29 is 4.74 Å². The maximum atomic E-state index is 5.55. The van der Waals surface area contributed by atoms with Gasteiger partial charge in [-0.3, -0.25) is 0 Å². The normalized spacial score (nSPS) is 9.00. The third kappa shape index (κ3) is 8.04. The van der Waals surface area contributed by atoms with Crippen LogP contribution in [-0.4, -0.2) is 6.61 Å². The van der Waals surface area contributed by atoms with E-state index in [1.54, 1.807) is 0 Å². The summed E-state index contributed by atoms with van der Waals surface area (Å²) >= 11 is 0. The second-order valence-corrected chi connectivity index (χ2v) is 3.22. The van der Waals surface area contributed by atoms with E-state index in [9.17, 15) is 0 Å². The molecule has 1 rings (SSSR count). The Kier molecular flexibility index (Phi) is 10.4. The molecule has 0 bridgehead atoms. The van der Waals surface area contributed by atoms with Crippen LogP contribution in [0.2, 0.25) is 0 Å². The van der Waals surface area contributed by atoms with Gasteiger partial charge in [0.2, 0.25) is 0 Å². The van der Waals surface area contributed by atoms with Crippen molar-refractivity contribution in [2.24, 2.45) is 0 Å². The topological polar surface area (TPSA) is 9.23 Å². The highest BCUT2D eigenvalue weighted by Gasteiger charge is 1.90. The average molecular weight is 208 g/mol. The van der Waals surface area contributed by atoms with Crippen molar-refractivity contribution >= 4 is 0 Å². The molecule has 0 spiro atoms. The lowest BCUT2D eigenvalue weighted by atomic mass is 10.2. The summed E-state index contributed by atoms with van der Waals surface area (Å²) < 4.78 is 5.55. The van der Waals surface area contributed by atoms with E-state index in [0.717, 1.165) is 12.4 Å². The molecule has 0 amide bonds. The van der Waals surface area contributed by atoms with Crippen molar-refractivity contribution in [2.45, 2.75) is 46.5 Å². The molecule has 0 saturated heterocycles. The predicted octanol–water partition coefficient (Wildman–Crippen LogP) is 4.67. The second-order valence-electron chi connectivity index (χ2n) is 3.22. The first kappa shape index (κ1) is 14.0. The first-order valence-electron chi connectivity index (χ1n) is 6.11. The standard InChI is InChI=1S/C12H18O.C2H6/c1-2-3-4-8-11-13-12-9-6-5-7-10-12;1-2/h5-7,9-10H,2-4,8,11H2,1H3;1-2H3. The summed E-state index contributed by atoms with van der Waals surface area (Å²) in [6.45, 7) is 7.07. The Bertz CT molecular complexity index is 206. The maximum Gasteiger partial charge on any atom is 0.119 e. The molecular weight excluding hydrogens is 184 g/mol. The van der Waals surface area contributed by atoms with Crippen molar-refractivity contribution in [2.75, 3.05) is 6.61 Å². The third-order valence-electron chi connectivity index (χ3n) is 2.01. The van der Waals surface area contributed by atoms with E-state index >= 15 is 0 Å². The van der Waals surface area contributed by atoms with Gasteiger partial charge < -0.3 is 4.74 Å². The van der Waals surface area contributed by atoms with Crippen LogP contribution in [-0.2, 0) is 0 Å². The van der Waals surface area contributed by atoms with Crippen molar-refractivity contribution in [3.8, 4) is 5.75 Å². The number of hydrogen-bond acceptors (Lipinski definition) is 1. The van der Waals surface area contributed by atoms with Gasteiger partial charge in [-0.2, -0.15) is 0 Å². The minimum atomic E-state index is 0.851. The fourth-order valence-corrected chi connectivity index (χ4v) is 1.24. The zero-order chi connectivity index (χ0) is 11.4. The summed E-state index contributed by atoms with van der Waals surface area (Å²) in [4.78, 5) is 0. The van der Waals surface area contributed by atoms with Crippen LogP contribution in [0.1, 0.15) is 46.5 Å². The number of ether oxygens (including phenoxy) is 1. The first-order chi connectivity index (χ1) is 7.43. The van der Waals surface area contributed by atoms with Crippen LogP contribution >= 0.6 is 0 Å². The fraction of sp³-hybridized carbons (Fsp3) is 0.571. The number of benzene rings is 1. The summed E-state index contributed by atoms with van der Waals surface area (Å²) in [6, 6.07) is 10.0. The van der Waals surface area contributed by atoms with E-state index < -0.39 is 0 Å². The first-order valence-corrected chi connectivity index (χ1v) is 6.11.